The molecule has 1 heterocycles. The van der Waals surface area contributed by atoms with Gasteiger partial charge in [-0.05, 0) is 16.7 Å². The molecule has 0 aliphatic carbocycles. The fourth-order valence-electron chi connectivity index (χ4n) is 2.84. The van der Waals surface area contributed by atoms with E-state index in [4.69, 9.17) is 5.73 Å². The van der Waals surface area contributed by atoms with E-state index < -0.39 is 0 Å². The van der Waals surface area contributed by atoms with E-state index in [0.717, 1.165) is 16.7 Å². The molecule has 0 saturated heterocycles. The number of carbonyl (C=O) groups is 1. The summed E-state index contributed by atoms with van der Waals surface area (Å²) in [5.41, 5.74) is 9.36. The van der Waals surface area contributed by atoms with Gasteiger partial charge >= 0.3 is 0 Å². The van der Waals surface area contributed by atoms with Crippen LogP contribution in [0.15, 0.2) is 67.3 Å². The zero-order valence-corrected chi connectivity index (χ0v) is 14.7. The molecular formula is C20H23N5O. The first-order valence-corrected chi connectivity index (χ1v) is 8.62. The fourth-order valence-corrected chi connectivity index (χ4v) is 2.84. The number of rotatable bonds is 7. The number of hydrogen-bond donors (Lipinski definition) is 2. The summed E-state index contributed by atoms with van der Waals surface area (Å²) in [7, 11) is 0. The van der Waals surface area contributed by atoms with Crippen LogP contribution in [-0.2, 0) is 17.9 Å². The third-order valence-corrected chi connectivity index (χ3v) is 4.51. The summed E-state index contributed by atoms with van der Waals surface area (Å²) >= 11 is 0. The average Bonchev–Trinajstić information content (AvgIpc) is 3.19. The van der Waals surface area contributed by atoms with Crippen LogP contribution in [0.25, 0.3) is 0 Å². The van der Waals surface area contributed by atoms with Gasteiger partial charge in [-0.15, -0.1) is 0 Å². The number of aromatic nitrogens is 3. The highest BCUT2D eigenvalue weighted by molar-refractivity contribution is 5.79. The lowest BCUT2D eigenvalue weighted by Gasteiger charge is -2.20. The topological polar surface area (TPSA) is 85.8 Å². The van der Waals surface area contributed by atoms with Gasteiger partial charge in [-0.3, -0.25) is 4.79 Å². The summed E-state index contributed by atoms with van der Waals surface area (Å²) in [5, 5.41) is 7.14. The van der Waals surface area contributed by atoms with Crippen LogP contribution in [0, 0.1) is 5.92 Å². The predicted molar refractivity (Wildman–Crippen MR) is 99.9 cm³/mol. The maximum absolute atomic E-state index is 12.5. The number of nitrogens with two attached hydrogens (primary N) is 1. The first-order valence-electron chi connectivity index (χ1n) is 8.62. The van der Waals surface area contributed by atoms with Crippen LogP contribution in [0.4, 0.5) is 0 Å². The SMILES string of the molecule is CC(C(=O)NCc1ccccc1Cn1cncn1)C(N)c1ccccc1. The van der Waals surface area contributed by atoms with Gasteiger partial charge in [0.25, 0.3) is 0 Å². The summed E-state index contributed by atoms with van der Waals surface area (Å²) in [5.74, 6) is -0.378. The molecule has 0 spiro atoms. The van der Waals surface area contributed by atoms with Gasteiger partial charge in [0.15, 0.2) is 0 Å². The Labute approximate surface area is 153 Å². The molecule has 1 aromatic heterocycles. The molecule has 1 amide bonds. The normalized spacial score (nSPS) is 13.2. The number of nitrogens with one attached hydrogen (secondary N) is 1. The van der Waals surface area contributed by atoms with Crippen LogP contribution in [-0.4, -0.2) is 20.7 Å². The Bertz CT molecular complexity index is 832. The fraction of sp³-hybridized carbons (Fsp3) is 0.250. The minimum Gasteiger partial charge on any atom is -0.352 e. The van der Waals surface area contributed by atoms with Gasteiger partial charge in [0, 0.05) is 12.6 Å². The van der Waals surface area contributed by atoms with E-state index in [1.165, 1.54) is 6.33 Å². The van der Waals surface area contributed by atoms with Crippen molar-refractivity contribution >= 4 is 5.91 Å². The van der Waals surface area contributed by atoms with Crippen molar-refractivity contribution in [1.29, 1.82) is 0 Å². The van der Waals surface area contributed by atoms with Crippen LogP contribution in [0.2, 0.25) is 0 Å². The van der Waals surface area contributed by atoms with E-state index in [1.807, 2.05) is 61.5 Å². The molecule has 0 aliphatic heterocycles. The number of nitrogens with zero attached hydrogens (tertiary/aromatic N) is 3. The molecule has 0 bridgehead atoms. The summed E-state index contributed by atoms with van der Waals surface area (Å²) in [6.07, 6.45) is 3.19. The second-order valence-electron chi connectivity index (χ2n) is 6.30. The van der Waals surface area contributed by atoms with Gasteiger partial charge in [-0.1, -0.05) is 61.5 Å². The Hall–Kier alpha value is -2.99. The maximum Gasteiger partial charge on any atom is 0.225 e. The molecule has 2 unspecified atom stereocenters. The molecule has 0 fully saturated rings. The van der Waals surface area contributed by atoms with Gasteiger partial charge in [-0.25, -0.2) is 9.67 Å². The molecule has 3 N–H and O–H groups in total. The standard InChI is InChI=1S/C20H23N5O/c1-15(19(21)16-7-3-2-4-8-16)20(26)23-11-17-9-5-6-10-18(17)12-25-14-22-13-24-25/h2-10,13-15,19H,11-12,21H2,1H3,(H,23,26). The highest BCUT2D eigenvalue weighted by Gasteiger charge is 2.22. The number of hydrogen-bond acceptors (Lipinski definition) is 4. The van der Waals surface area contributed by atoms with Crippen molar-refractivity contribution in [2.45, 2.75) is 26.1 Å². The van der Waals surface area contributed by atoms with Crippen LogP contribution >= 0.6 is 0 Å². The lowest BCUT2D eigenvalue weighted by Crippen LogP contribution is -2.35. The molecule has 0 saturated carbocycles. The van der Waals surface area contributed by atoms with Crippen molar-refractivity contribution in [2.24, 2.45) is 11.7 Å². The van der Waals surface area contributed by atoms with E-state index in [-0.39, 0.29) is 17.9 Å². The lowest BCUT2D eigenvalue weighted by molar-refractivity contribution is -0.125. The van der Waals surface area contributed by atoms with E-state index >= 15 is 0 Å². The number of benzene rings is 2. The third kappa shape index (κ3) is 4.34. The minimum atomic E-state index is -0.332. The molecule has 6 heteroatoms. The molecule has 2 aromatic carbocycles. The molecule has 6 nitrogen and oxygen atoms in total. The van der Waals surface area contributed by atoms with Crippen molar-refractivity contribution < 1.29 is 4.79 Å². The summed E-state index contributed by atoms with van der Waals surface area (Å²) in [4.78, 5) is 16.5. The number of carbonyl (C=O) groups excluding carboxylic acids is 1. The van der Waals surface area contributed by atoms with Gasteiger partial charge in [0.2, 0.25) is 5.91 Å². The Balaban J connectivity index is 1.62. The minimum absolute atomic E-state index is 0.0584. The smallest absolute Gasteiger partial charge is 0.225 e. The van der Waals surface area contributed by atoms with E-state index in [9.17, 15) is 4.79 Å². The van der Waals surface area contributed by atoms with E-state index in [2.05, 4.69) is 15.4 Å². The predicted octanol–water partition coefficient (Wildman–Crippen LogP) is 2.28. The summed E-state index contributed by atoms with van der Waals surface area (Å²) < 4.78 is 1.76. The first-order chi connectivity index (χ1) is 12.6. The van der Waals surface area contributed by atoms with Gasteiger partial charge in [0.05, 0.1) is 12.5 Å². The van der Waals surface area contributed by atoms with Crippen molar-refractivity contribution in [3.05, 3.63) is 83.9 Å². The average molecular weight is 349 g/mol. The highest BCUT2D eigenvalue weighted by Crippen LogP contribution is 2.19. The Kier molecular flexibility index (Phi) is 5.76. The summed E-state index contributed by atoms with van der Waals surface area (Å²) in [6.45, 7) is 2.93. The molecule has 0 radical (unpaired) electrons. The van der Waals surface area contributed by atoms with Gasteiger partial charge < -0.3 is 11.1 Å². The quantitative estimate of drug-likeness (QED) is 0.685. The molecule has 2 atom stereocenters. The highest BCUT2D eigenvalue weighted by atomic mass is 16.1. The molecule has 3 rings (SSSR count). The van der Waals surface area contributed by atoms with Gasteiger partial charge in [0.1, 0.15) is 12.7 Å². The molecule has 134 valence electrons. The molecule has 3 aromatic rings. The van der Waals surface area contributed by atoms with E-state index in [0.29, 0.717) is 13.1 Å². The Morgan fingerprint density at radius 3 is 2.50 bits per heavy atom. The lowest BCUT2D eigenvalue weighted by atomic mass is 9.94. The monoisotopic (exact) mass is 349 g/mol. The molecule has 26 heavy (non-hydrogen) atoms. The molecular weight excluding hydrogens is 326 g/mol. The zero-order valence-electron chi connectivity index (χ0n) is 14.7. The second-order valence-corrected chi connectivity index (χ2v) is 6.30. The van der Waals surface area contributed by atoms with Gasteiger partial charge in [-0.2, -0.15) is 5.10 Å². The van der Waals surface area contributed by atoms with Crippen molar-refractivity contribution in [3.63, 3.8) is 0 Å². The van der Waals surface area contributed by atoms with Crippen molar-refractivity contribution in [3.8, 4) is 0 Å². The Morgan fingerprint density at radius 2 is 1.81 bits per heavy atom. The van der Waals surface area contributed by atoms with Crippen molar-refractivity contribution in [1.82, 2.24) is 20.1 Å². The van der Waals surface area contributed by atoms with Crippen LogP contribution in [0.1, 0.15) is 29.7 Å². The first kappa shape index (κ1) is 17.8. The summed E-state index contributed by atoms with van der Waals surface area (Å²) in [6, 6.07) is 17.3. The van der Waals surface area contributed by atoms with Crippen LogP contribution in [0.5, 0.6) is 0 Å². The van der Waals surface area contributed by atoms with Crippen LogP contribution in [0.3, 0.4) is 0 Å². The third-order valence-electron chi connectivity index (χ3n) is 4.51. The van der Waals surface area contributed by atoms with Crippen LogP contribution < -0.4 is 11.1 Å². The maximum atomic E-state index is 12.5. The zero-order chi connectivity index (χ0) is 18.4. The molecule has 0 aliphatic rings. The second kappa shape index (κ2) is 8.40. The van der Waals surface area contributed by atoms with E-state index in [1.54, 1.807) is 11.0 Å². The number of amides is 1. The van der Waals surface area contributed by atoms with Crippen molar-refractivity contribution in [2.75, 3.05) is 0 Å². The largest absolute Gasteiger partial charge is 0.352 e. The Morgan fingerprint density at radius 1 is 1.12 bits per heavy atom.